The van der Waals surface area contributed by atoms with Gasteiger partial charge in [0.15, 0.2) is 0 Å². The first-order chi connectivity index (χ1) is 6.20. The summed E-state index contributed by atoms with van der Waals surface area (Å²) in [5.74, 6) is -0.218. The smallest absolute Gasteiger partial charge is 0.329 e. The zero-order valence-electron chi connectivity index (χ0n) is 7.07. The van der Waals surface area contributed by atoms with Gasteiger partial charge in [0.05, 0.1) is 5.69 Å². The number of nitrogens with one attached hydrogen (secondary N) is 2. The fourth-order valence-electron chi connectivity index (χ4n) is 1.30. The van der Waals surface area contributed by atoms with Crippen LogP contribution in [0.3, 0.4) is 0 Å². The number of hydrogen-bond acceptors (Lipinski definition) is 2. The molecule has 1 saturated heterocycles. The zero-order valence-corrected chi connectivity index (χ0v) is 7.07. The Bertz CT molecular complexity index is 344. The van der Waals surface area contributed by atoms with Crippen LogP contribution in [0.1, 0.15) is 6.92 Å². The third kappa shape index (κ3) is 1.09. The van der Waals surface area contributed by atoms with Crippen molar-refractivity contribution in [3.8, 4) is 0 Å². The molecule has 13 heavy (non-hydrogen) atoms. The first kappa shape index (κ1) is 7.85. The first-order valence-corrected chi connectivity index (χ1v) is 3.97. The summed E-state index contributed by atoms with van der Waals surface area (Å²) < 4.78 is 0. The van der Waals surface area contributed by atoms with Gasteiger partial charge in [-0.05, 0) is 13.0 Å². The number of aromatic nitrogens is 1. The van der Waals surface area contributed by atoms with E-state index in [-0.39, 0.29) is 11.9 Å². The molecule has 1 aromatic heterocycles. The molecule has 1 fully saturated rings. The van der Waals surface area contributed by atoms with E-state index in [4.69, 9.17) is 0 Å². The number of nitrogens with zero attached hydrogens (tertiary/aromatic N) is 1. The number of amides is 3. The second-order valence-corrected chi connectivity index (χ2v) is 2.91. The molecule has 0 unspecified atom stereocenters. The molecule has 2 rings (SSSR count). The van der Waals surface area contributed by atoms with Crippen molar-refractivity contribution >= 4 is 17.6 Å². The van der Waals surface area contributed by atoms with Gasteiger partial charge < -0.3 is 10.3 Å². The van der Waals surface area contributed by atoms with Crippen molar-refractivity contribution in [2.45, 2.75) is 13.0 Å². The minimum atomic E-state index is -0.428. The highest BCUT2D eigenvalue weighted by molar-refractivity contribution is 6.21. The maximum Gasteiger partial charge on any atom is 0.329 e. The maximum absolute atomic E-state index is 11.4. The molecule has 68 valence electrons. The Hall–Kier alpha value is -1.78. The molecule has 0 aliphatic carbocycles. The summed E-state index contributed by atoms with van der Waals surface area (Å²) in [4.78, 5) is 26.6. The monoisotopic (exact) mass is 179 g/mol. The maximum atomic E-state index is 11.4. The predicted molar refractivity (Wildman–Crippen MR) is 46.3 cm³/mol. The predicted octanol–water partition coefficient (Wildman–Crippen LogP) is 0.459. The summed E-state index contributed by atoms with van der Waals surface area (Å²) in [6.07, 6.45) is 3.27. The summed E-state index contributed by atoms with van der Waals surface area (Å²) in [6, 6.07) is 0.884. The van der Waals surface area contributed by atoms with Crippen molar-refractivity contribution in [2.24, 2.45) is 0 Å². The standard InChI is InChI=1S/C8H9N3O2/c1-5-7(12)11(8(13)10-5)6-2-3-9-4-6/h2-5,9H,1H3,(H,10,13)/t5-/m0/s1. The van der Waals surface area contributed by atoms with Crippen molar-refractivity contribution in [3.05, 3.63) is 18.5 Å². The molecule has 1 aliphatic rings. The van der Waals surface area contributed by atoms with Crippen LogP contribution in [0.5, 0.6) is 0 Å². The van der Waals surface area contributed by atoms with Crippen LogP contribution in [0.4, 0.5) is 10.5 Å². The molecule has 1 atom stereocenters. The van der Waals surface area contributed by atoms with Gasteiger partial charge in [0, 0.05) is 12.4 Å². The molecule has 0 radical (unpaired) electrons. The minimum Gasteiger partial charge on any atom is -0.366 e. The molecule has 0 bridgehead atoms. The van der Waals surface area contributed by atoms with E-state index in [2.05, 4.69) is 10.3 Å². The molecular formula is C8H9N3O2. The van der Waals surface area contributed by atoms with Gasteiger partial charge in [0.1, 0.15) is 6.04 Å². The van der Waals surface area contributed by atoms with Crippen LogP contribution in [0.2, 0.25) is 0 Å². The van der Waals surface area contributed by atoms with Gasteiger partial charge in [-0.1, -0.05) is 0 Å². The van der Waals surface area contributed by atoms with E-state index in [1.54, 1.807) is 25.4 Å². The lowest BCUT2D eigenvalue weighted by atomic mass is 10.3. The Kier molecular flexibility index (Phi) is 1.58. The average molecular weight is 179 g/mol. The molecular weight excluding hydrogens is 170 g/mol. The van der Waals surface area contributed by atoms with Crippen LogP contribution in [0, 0.1) is 0 Å². The van der Waals surface area contributed by atoms with Crippen LogP contribution >= 0.6 is 0 Å². The van der Waals surface area contributed by atoms with Crippen molar-refractivity contribution in [3.63, 3.8) is 0 Å². The number of hydrogen-bond donors (Lipinski definition) is 2. The van der Waals surface area contributed by atoms with Crippen LogP contribution in [0.15, 0.2) is 18.5 Å². The summed E-state index contributed by atoms with van der Waals surface area (Å²) in [5.41, 5.74) is 0.576. The lowest BCUT2D eigenvalue weighted by molar-refractivity contribution is -0.117. The molecule has 2 N–H and O–H groups in total. The number of carbonyl (C=O) groups is 2. The van der Waals surface area contributed by atoms with Gasteiger partial charge in [0.25, 0.3) is 5.91 Å². The number of H-pyrrole nitrogens is 1. The van der Waals surface area contributed by atoms with E-state index in [0.717, 1.165) is 4.90 Å². The fraction of sp³-hybridized carbons (Fsp3) is 0.250. The summed E-state index contributed by atoms with van der Waals surface area (Å²) in [7, 11) is 0. The SMILES string of the molecule is C[C@@H]1NC(=O)N(c2cc[nH]c2)C1=O. The molecule has 1 aromatic rings. The van der Waals surface area contributed by atoms with E-state index < -0.39 is 6.04 Å². The second kappa shape index (κ2) is 2.62. The number of urea groups is 1. The quantitative estimate of drug-likeness (QED) is 0.615. The van der Waals surface area contributed by atoms with Crippen molar-refractivity contribution in [2.75, 3.05) is 4.90 Å². The van der Waals surface area contributed by atoms with Gasteiger partial charge in [-0.3, -0.25) is 4.79 Å². The van der Waals surface area contributed by atoms with Crippen LogP contribution in [0.25, 0.3) is 0 Å². The highest BCUT2D eigenvalue weighted by Crippen LogP contribution is 2.17. The Labute approximate surface area is 74.7 Å². The summed E-state index contributed by atoms with van der Waals surface area (Å²) in [5, 5.41) is 2.53. The normalized spacial score (nSPS) is 22.2. The van der Waals surface area contributed by atoms with Crippen LogP contribution < -0.4 is 10.2 Å². The summed E-state index contributed by atoms with van der Waals surface area (Å²) in [6.45, 7) is 1.66. The lowest BCUT2D eigenvalue weighted by Gasteiger charge is -2.08. The van der Waals surface area contributed by atoms with Crippen LogP contribution in [-0.4, -0.2) is 23.0 Å². The molecule has 0 aromatic carbocycles. The number of carbonyl (C=O) groups excluding carboxylic acids is 2. The topological polar surface area (TPSA) is 65.2 Å². The molecule has 0 spiro atoms. The number of aromatic amines is 1. The molecule has 5 heteroatoms. The first-order valence-electron chi connectivity index (χ1n) is 3.97. The third-order valence-corrected chi connectivity index (χ3v) is 1.97. The third-order valence-electron chi connectivity index (χ3n) is 1.97. The zero-order chi connectivity index (χ0) is 9.42. The molecule has 2 heterocycles. The van der Waals surface area contributed by atoms with Crippen molar-refractivity contribution < 1.29 is 9.59 Å². The Morgan fingerprint density at radius 3 is 2.69 bits per heavy atom. The van der Waals surface area contributed by atoms with E-state index in [1.165, 1.54) is 0 Å². The molecule has 5 nitrogen and oxygen atoms in total. The fourth-order valence-corrected chi connectivity index (χ4v) is 1.30. The Balaban J connectivity index is 2.34. The van der Waals surface area contributed by atoms with Crippen molar-refractivity contribution in [1.82, 2.24) is 10.3 Å². The Morgan fingerprint density at radius 2 is 2.23 bits per heavy atom. The van der Waals surface area contributed by atoms with E-state index in [1.807, 2.05) is 0 Å². The van der Waals surface area contributed by atoms with Gasteiger partial charge in [-0.15, -0.1) is 0 Å². The highest BCUT2D eigenvalue weighted by Gasteiger charge is 2.36. The van der Waals surface area contributed by atoms with Crippen LogP contribution in [-0.2, 0) is 4.79 Å². The van der Waals surface area contributed by atoms with Gasteiger partial charge in [0.2, 0.25) is 0 Å². The van der Waals surface area contributed by atoms with Gasteiger partial charge in [-0.25, -0.2) is 9.69 Å². The van der Waals surface area contributed by atoms with Gasteiger partial charge in [-0.2, -0.15) is 0 Å². The van der Waals surface area contributed by atoms with E-state index in [9.17, 15) is 9.59 Å². The number of anilines is 1. The Morgan fingerprint density at radius 1 is 1.46 bits per heavy atom. The van der Waals surface area contributed by atoms with Gasteiger partial charge >= 0.3 is 6.03 Å². The largest absolute Gasteiger partial charge is 0.366 e. The number of imide groups is 1. The average Bonchev–Trinajstić information content (AvgIpc) is 2.63. The summed E-state index contributed by atoms with van der Waals surface area (Å²) >= 11 is 0. The molecule has 1 aliphatic heterocycles. The number of rotatable bonds is 1. The minimum absolute atomic E-state index is 0.218. The molecule has 0 saturated carbocycles. The van der Waals surface area contributed by atoms with E-state index >= 15 is 0 Å². The molecule has 3 amide bonds. The second-order valence-electron chi connectivity index (χ2n) is 2.91. The van der Waals surface area contributed by atoms with Crippen molar-refractivity contribution in [1.29, 1.82) is 0 Å². The lowest BCUT2D eigenvalue weighted by Crippen LogP contribution is -2.30. The van der Waals surface area contributed by atoms with E-state index in [0.29, 0.717) is 5.69 Å². The highest BCUT2D eigenvalue weighted by atomic mass is 16.2.